The summed E-state index contributed by atoms with van der Waals surface area (Å²) in [4.78, 5) is 12.3. The Kier molecular flexibility index (Phi) is 2.99. The molecule has 0 fully saturated rings. The van der Waals surface area contributed by atoms with Crippen LogP contribution in [0.25, 0.3) is 11.6 Å². The summed E-state index contributed by atoms with van der Waals surface area (Å²) in [6.45, 7) is 0. The van der Waals surface area contributed by atoms with Crippen molar-refractivity contribution >= 4 is 40.2 Å². The Labute approximate surface area is 95.7 Å². The molecular weight excluding hydrogens is 226 g/mol. The van der Waals surface area contributed by atoms with Gasteiger partial charge in [0.05, 0.1) is 0 Å². The lowest BCUT2D eigenvalue weighted by Crippen LogP contribution is -2.12. The maximum Gasteiger partial charge on any atom is 0.249 e. The molecule has 2 N–H and O–H groups in total. The molecule has 0 aliphatic carbocycles. The minimum Gasteiger partial charge on any atom is -0.366 e. The highest BCUT2D eigenvalue weighted by molar-refractivity contribution is 7.11. The molecular formula is C11H9NOS2. The van der Waals surface area contributed by atoms with E-state index in [2.05, 4.69) is 0 Å². The van der Waals surface area contributed by atoms with Crippen molar-refractivity contribution in [2.24, 2.45) is 5.73 Å². The van der Waals surface area contributed by atoms with Crippen molar-refractivity contribution in [2.45, 2.75) is 0 Å². The van der Waals surface area contributed by atoms with Crippen LogP contribution >= 0.6 is 22.7 Å². The van der Waals surface area contributed by atoms with Gasteiger partial charge in [-0.25, -0.2) is 0 Å². The Morgan fingerprint density at radius 1 is 1.33 bits per heavy atom. The molecule has 2 nitrogen and oxygen atoms in total. The average Bonchev–Trinajstić information content (AvgIpc) is 2.87. The molecule has 0 aromatic carbocycles. The van der Waals surface area contributed by atoms with Gasteiger partial charge >= 0.3 is 0 Å². The maximum absolute atomic E-state index is 11.3. The van der Waals surface area contributed by atoms with Crippen LogP contribution < -0.4 is 5.73 Å². The summed E-state index contributed by atoms with van der Waals surface area (Å²) in [5.41, 5.74) is 6.80. The molecule has 0 bridgehead atoms. The highest BCUT2D eigenvalue weighted by Crippen LogP contribution is 2.22. The Morgan fingerprint density at radius 2 is 2.20 bits per heavy atom. The summed E-state index contributed by atoms with van der Waals surface area (Å²) in [6, 6.07) is 5.80. The predicted octanol–water partition coefficient (Wildman–Crippen LogP) is 2.84. The Balaban J connectivity index is 2.41. The predicted molar refractivity (Wildman–Crippen MR) is 65.7 cm³/mol. The van der Waals surface area contributed by atoms with E-state index >= 15 is 0 Å². The van der Waals surface area contributed by atoms with Gasteiger partial charge in [-0.3, -0.25) is 4.79 Å². The summed E-state index contributed by atoms with van der Waals surface area (Å²) in [6.07, 6.45) is 1.83. The number of thiophene rings is 2. The van der Waals surface area contributed by atoms with Gasteiger partial charge in [0.2, 0.25) is 5.91 Å². The molecule has 2 aromatic heterocycles. The zero-order valence-corrected chi connectivity index (χ0v) is 9.48. The van der Waals surface area contributed by atoms with Gasteiger partial charge in [-0.2, -0.15) is 11.3 Å². The maximum atomic E-state index is 11.3. The number of nitrogens with two attached hydrogens (primary N) is 1. The van der Waals surface area contributed by atoms with Crippen molar-refractivity contribution in [3.05, 3.63) is 44.8 Å². The van der Waals surface area contributed by atoms with Crippen molar-refractivity contribution in [2.75, 3.05) is 0 Å². The van der Waals surface area contributed by atoms with Gasteiger partial charge in [0.25, 0.3) is 0 Å². The smallest absolute Gasteiger partial charge is 0.249 e. The van der Waals surface area contributed by atoms with E-state index in [9.17, 15) is 4.79 Å². The molecule has 0 aliphatic rings. The molecule has 0 unspecified atom stereocenters. The third-order valence-electron chi connectivity index (χ3n) is 1.93. The number of carbonyl (C=O) groups is 1. The molecule has 1 amide bonds. The molecule has 0 spiro atoms. The SMILES string of the molecule is NC(=O)/C(=C/c1cccs1)c1ccsc1. The van der Waals surface area contributed by atoms with Crippen LogP contribution in [0.4, 0.5) is 0 Å². The average molecular weight is 235 g/mol. The first kappa shape index (κ1) is 10.1. The molecule has 2 heterocycles. The Bertz CT molecular complexity index is 469. The van der Waals surface area contributed by atoms with Crippen LogP contribution in [-0.4, -0.2) is 5.91 Å². The van der Waals surface area contributed by atoms with E-state index in [0.29, 0.717) is 5.57 Å². The highest BCUT2D eigenvalue weighted by atomic mass is 32.1. The number of amides is 1. The lowest BCUT2D eigenvalue weighted by atomic mass is 10.1. The third kappa shape index (κ3) is 2.34. The van der Waals surface area contributed by atoms with Gasteiger partial charge in [-0.15, -0.1) is 11.3 Å². The van der Waals surface area contributed by atoms with Crippen LogP contribution in [0.15, 0.2) is 34.3 Å². The van der Waals surface area contributed by atoms with Gasteiger partial charge in [0.15, 0.2) is 0 Å². The Morgan fingerprint density at radius 3 is 2.73 bits per heavy atom. The van der Waals surface area contributed by atoms with Crippen LogP contribution in [0.5, 0.6) is 0 Å². The normalized spacial score (nSPS) is 11.6. The largest absolute Gasteiger partial charge is 0.366 e. The molecule has 2 aromatic rings. The fraction of sp³-hybridized carbons (Fsp3) is 0. The van der Waals surface area contributed by atoms with Gasteiger partial charge in [0.1, 0.15) is 0 Å². The zero-order valence-electron chi connectivity index (χ0n) is 7.84. The first-order chi connectivity index (χ1) is 7.27. The first-order valence-corrected chi connectivity index (χ1v) is 6.17. The summed E-state index contributed by atoms with van der Waals surface area (Å²) >= 11 is 3.14. The van der Waals surface area contributed by atoms with Crippen molar-refractivity contribution in [1.29, 1.82) is 0 Å². The second-order valence-corrected chi connectivity index (χ2v) is 4.71. The van der Waals surface area contributed by atoms with E-state index in [1.807, 2.05) is 40.4 Å². The van der Waals surface area contributed by atoms with Crippen molar-refractivity contribution in [3.8, 4) is 0 Å². The molecule has 0 radical (unpaired) electrons. The Hall–Kier alpha value is -1.39. The van der Waals surface area contributed by atoms with E-state index in [0.717, 1.165) is 10.4 Å². The van der Waals surface area contributed by atoms with Gasteiger partial charge < -0.3 is 5.73 Å². The lowest BCUT2D eigenvalue weighted by molar-refractivity contribution is -0.112. The standard InChI is InChI=1S/C11H9NOS2/c12-11(13)10(8-3-5-14-7-8)6-9-2-1-4-15-9/h1-7H,(H2,12,13)/b10-6+. The van der Waals surface area contributed by atoms with Crippen LogP contribution in [-0.2, 0) is 4.79 Å². The topological polar surface area (TPSA) is 43.1 Å². The number of rotatable bonds is 3. The third-order valence-corrected chi connectivity index (χ3v) is 3.43. The van der Waals surface area contributed by atoms with E-state index in [-0.39, 0.29) is 5.91 Å². The summed E-state index contributed by atoms with van der Waals surface area (Å²) in [5, 5.41) is 5.82. The number of carbonyl (C=O) groups excluding carboxylic acids is 1. The summed E-state index contributed by atoms with van der Waals surface area (Å²) in [7, 11) is 0. The minimum absolute atomic E-state index is 0.387. The van der Waals surface area contributed by atoms with Gasteiger partial charge in [-0.05, 0) is 39.9 Å². The summed E-state index contributed by atoms with van der Waals surface area (Å²) in [5.74, 6) is -0.387. The fourth-order valence-electron chi connectivity index (χ4n) is 1.23. The zero-order chi connectivity index (χ0) is 10.7. The molecule has 0 saturated heterocycles. The molecule has 0 aliphatic heterocycles. The van der Waals surface area contributed by atoms with Crippen LogP contribution in [0, 0.1) is 0 Å². The highest BCUT2D eigenvalue weighted by Gasteiger charge is 2.08. The van der Waals surface area contributed by atoms with Crippen molar-refractivity contribution < 1.29 is 4.79 Å². The van der Waals surface area contributed by atoms with Crippen LogP contribution in [0.3, 0.4) is 0 Å². The van der Waals surface area contributed by atoms with Crippen molar-refractivity contribution in [1.82, 2.24) is 0 Å². The minimum atomic E-state index is -0.387. The quantitative estimate of drug-likeness (QED) is 0.817. The van der Waals surface area contributed by atoms with Gasteiger partial charge in [-0.1, -0.05) is 6.07 Å². The summed E-state index contributed by atoms with van der Waals surface area (Å²) < 4.78 is 0. The van der Waals surface area contributed by atoms with E-state index < -0.39 is 0 Å². The van der Waals surface area contributed by atoms with E-state index in [4.69, 9.17) is 5.73 Å². The molecule has 4 heteroatoms. The monoisotopic (exact) mass is 235 g/mol. The molecule has 2 rings (SSSR count). The second-order valence-electron chi connectivity index (χ2n) is 2.95. The molecule has 15 heavy (non-hydrogen) atoms. The lowest BCUT2D eigenvalue weighted by Gasteiger charge is -1.98. The van der Waals surface area contributed by atoms with E-state index in [1.165, 1.54) is 0 Å². The van der Waals surface area contributed by atoms with E-state index in [1.54, 1.807) is 22.7 Å². The van der Waals surface area contributed by atoms with Crippen LogP contribution in [0.2, 0.25) is 0 Å². The first-order valence-electron chi connectivity index (χ1n) is 4.35. The number of primary amides is 1. The van der Waals surface area contributed by atoms with Crippen LogP contribution in [0.1, 0.15) is 10.4 Å². The number of hydrogen-bond donors (Lipinski definition) is 1. The number of hydrogen-bond acceptors (Lipinski definition) is 3. The fourth-order valence-corrected chi connectivity index (χ4v) is 2.54. The molecule has 76 valence electrons. The van der Waals surface area contributed by atoms with Crippen molar-refractivity contribution in [3.63, 3.8) is 0 Å². The van der Waals surface area contributed by atoms with Gasteiger partial charge in [0, 0.05) is 10.5 Å². The second kappa shape index (κ2) is 4.42. The molecule has 0 saturated carbocycles. The molecule has 0 atom stereocenters.